The molecule has 0 spiro atoms. The van der Waals surface area contributed by atoms with Crippen LogP contribution in [-0.4, -0.2) is 21.8 Å². The number of ether oxygens (including phenoxy) is 1. The minimum absolute atomic E-state index is 0.0715. The van der Waals surface area contributed by atoms with Gasteiger partial charge >= 0.3 is 5.97 Å². The normalized spacial score (nSPS) is 11.5. The zero-order valence-corrected chi connectivity index (χ0v) is 15.4. The van der Waals surface area contributed by atoms with Crippen molar-refractivity contribution in [3.05, 3.63) is 105 Å². The zero-order chi connectivity index (χ0) is 21.0. The molecule has 1 N–H and O–H groups in total. The van der Waals surface area contributed by atoms with Crippen molar-refractivity contribution in [2.24, 2.45) is 0 Å². The molecule has 146 valence electrons. The van der Waals surface area contributed by atoms with E-state index in [1.807, 2.05) is 0 Å². The third kappa shape index (κ3) is 4.30. The number of phenols is 1. The fourth-order valence-electron chi connectivity index (χ4n) is 2.79. The molecule has 0 amide bonds. The van der Waals surface area contributed by atoms with Crippen LogP contribution in [0.3, 0.4) is 0 Å². The Morgan fingerprint density at radius 2 is 1.62 bits per heavy atom. The van der Waals surface area contributed by atoms with Gasteiger partial charge in [0.1, 0.15) is 11.3 Å². The van der Waals surface area contributed by atoms with Gasteiger partial charge in [-0.2, -0.15) is 0 Å². The molecule has 0 aromatic heterocycles. The summed E-state index contributed by atoms with van der Waals surface area (Å²) in [6.45, 7) is 1.63. The molecular formula is C22H17NO6. The molecule has 0 aliphatic heterocycles. The highest BCUT2D eigenvalue weighted by Crippen LogP contribution is 2.28. The maximum atomic E-state index is 13.0. The van der Waals surface area contributed by atoms with Gasteiger partial charge in [0.15, 0.2) is 6.10 Å². The number of hydrogen-bond acceptors (Lipinski definition) is 6. The molecule has 3 aromatic rings. The van der Waals surface area contributed by atoms with Crippen LogP contribution in [0.15, 0.2) is 72.8 Å². The van der Waals surface area contributed by atoms with Gasteiger partial charge < -0.3 is 9.84 Å². The number of nitrogens with zero attached hydrogens (tertiary/aromatic N) is 1. The van der Waals surface area contributed by atoms with Crippen LogP contribution >= 0.6 is 0 Å². The number of para-hydroxylation sites is 1. The second kappa shape index (κ2) is 8.35. The van der Waals surface area contributed by atoms with Gasteiger partial charge in [-0.25, -0.2) is 4.79 Å². The molecule has 3 rings (SSSR count). The monoisotopic (exact) mass is 391 g/mol. The van der Waals surface area contributed by atoms with Crippen LogP contribution in [-0.2, 0) is 4.74 Å². The first kappa shape index (κ1) is 19.8. The first-order valence-corrected chi connectivity index (χ1v) is 8.71. The number of carbonyl (C=O) groups excluding carboxylic acids is 2. The zero-order valence-electron chi connectivity index (χ0n) is 15.4. The lowest BCUT2D eigenvalue weighted by Crippen LogP contribution is -2.20. The Morgan fingerprint density at radius 3 is 2.24 bits per heavy atom. The number of nitro benzene ring substituents is 1. The number of hydrogen-bond donors (Lipinski definition) is 1. The Balaban J connectivity index is 1.98. The van der Waals surface area contributed by atoms with E-state index in [2.05, 4.69) is 0 Å². The van der Waals surface area contributed by atoms with Crippen molar-refractivity contribution < 1.29 is 24.4 Å². The van der Waals surface area contributed by atoms with Gasteiger partial charge in [-0.05, 0) is 30.7 Å². The summed E-state index contributed by atoms with van der Waals surface area (Å²) in [5, 5.41) is 21.0. The quantitative estimate of drug-likeness (QED) is 0.289. The van der Waals surface area contributed by atoms with Crippen molar-refractivity contribution >= 4 is 17.4 Å². The Kier molecular flexibility index (Phi) is 5.69. The van der Waals surface area contributed by atoms with E-state index in [9.17, 15) is 24.8 Å². The first-order chi connectivity index (χ1) is 13.9. The lowest BCUT2D eigenvalue weighted by atomic mass is 9.99. The van der Waals surface area contributed by atoms with Gasteiger partial charge in [0, 0.05) is 23.3 Å². The molecule has 0 aliphatic carbocycles. The van der Waals surface area contributed by atoms with E-state index in [1.54, 1.807) is 49.4 Å². The number of aryl methyl sites for hydroxylation is 1. The molecule has 0 radical (unpaired) electrons. The van der Waals surface area contributed by atoms with Gasteiger partial charge in [-0.15, -0.1) is 0 Å². The fraction of sp³-hybridized carbons (Fsp3) is 0.0909. The Bertz CT molecular complexity index is 1060. The Morgan fingerprint density at radius 1 is 0.966 bits per heavy atom. The molecule has 1 atom stereocenters. The van der Waals surface area contributed by atoms with Gasteiger partial charge in [0.05, 0.1) is 4.92 Å². The largest absolute Gasteiger partial charge is 0.507 e. The number of ketones is 1. The van der Waals surface area contributed by atoms with Crippen molar-refractivity contribution in [3.8, 4) is 5.75 Å². The predicted octanol–water partition coefficient (Wildman–Crippen LogP) is 4.39. The highest BCUT2D eigenvalue weighted by atomic mass is 16.6. The number of nitro groups is 1. The van der Waals surface area contributed by atoms with E-state index in [0.717, 1.165) is 0 Å². The SMILES string of the molecule is Cc1cccc(C(=O)O[C@@H](C(=O)c2ccccc2)c2ccc([N+](=O)[O-])cc2)c1O. The highest BCUT2D eigenvalue weighted by Gasteiger charge is 2.28. The molecule has 0 saturated heterocycles. The second-order valence-electron chi connectivity index (χ2n) is 6.34. The molecule has 0 unspecified atom stereocenters. The van der Waals surface area contributed by atoms with Crippen LogP contribution in [0.25, 0.3) is 0 Å². The minimum Gasteiger partial charge on any atom is -0.507 e. The maximum absolute atomic E-state index is 13.0. The van der Waals surface area contributed by atoms with Crippen molar-refractivity contribution in [1.82, 2.24) is 0 Å². The summed E-state index contributed by atoms with van der Waals surface area (Å²) in [4.78, 5) is 36.0. The predicted molar refractivity (Wildman–Crippen MR) is 105 cm³/mol. The van der Waals surface area contributed by atoms with E-state index in [0.29, 0.717) is 11.1 Å². The molecule has 0 bridgehead atoms. The third-order valence-corrected chi connectivity index (χ3v) is 4.39. The van der Waals surface area contributed by atoms with E-state index >= 15 is 0 Å². The molecule has 0 saturated carbocycles. The van der Waals surface area contributed by atoms with Gasteiger partial charge in [0.25, 0.3) is 5.69 Å². The average molecular weight is 391 g/mol. The van der Waals surface area contributed by atoms with Crippen LogP contribution in [0.2, 0.25) is 0 Å². The van der Waals surface area contributed by atoms with Gasteiger partial charge in [0.2, 0.25) is 5.78 Å². The van der Waals surface area contributed by atoms with Gasteiger partial charge in [-0.3, -0.25) is 14.9 Å². The van der Waals surface area contributed by atoms with Crippen molar-refractivity contribution in [2.45, 2.75) is 13.0 Å². The second-order valence-corrected chi connectivity index (χ2v) is 6.34. The topological polar surface area (TPSA) is 107 Å². The molecule has 7 heteroatoms. The van der Waals surface area contributed by atoms with E-state index in [1.165, 1.54) is 30.3 Å². The third-order valence-electron chi connectivity index (χ3n) is 4.39. The van der Waals surface area contributed by atoms with E-state index in [4.69, 9.17) is 4.74 Å². The molecular weight excluding hydrogens is 374 g/mol. The average Bonchev–Trinajstić information content (AvgIpc) is 2.74. The lowest BCUT2D eigenvalue weighted by molar-refractivity contribution is -0.384. The Hall–Kier alpha value is -4.00. The highest BCUT2D eigenvalue weighted by molar-refractivity contribution is 6.02. The van der Waals surface area contributed by atoms with Crippen LogP contribution in [0, 0.1) is 17.0 Å². The molecule has 3 aromatic carbocycles. The molecule has 7 nitrogen and oxygen atoms in total. The number of carbonyl (C=O) groups is 2. The number of Topliss-reactive ketones (excluding diaryl/α,β-unsaturated/α-hetero) is 1. The first-order valence-electron chi connectivity index (χ1n) is 8.71. The molecule has 0 fully saturated rings. The summed E-state index contributed by atoms with van der Waals surface area (Å²) < 4.78 is 5.46. The van der Waals surface area contributed by atoms with Crippen LogP contribution in [0.4, 0.5) is 5.69 Å². The van der Waals surface area contributed by atoms with Crippen molar-refractivity contribution in [1.29, 1.82) is 0 Å². The van der Waals surface area contributed by atoms with Crippen LogP contribution < -0.4 is 0 Å². The van der Waals surface area contributed by atoms with E-state index < -0.39 is 22.8 Å². The molecule has 0 aliphatic rings. The fourth-order valence-corrected chi connectivity index (χ4v) is 2.79. The van der Waals surface area contributed by atoms with Crippen LogP contribution in [0.5, 0.6) is 5.75 Å². The summed E-state index contributed by atoms with van der Waals surface area (Å²) in [7, 11) is 0. The standard InChI is InChI=1S/C22H17NO6/c1-14-6-5-9-18(19(14)24)22(26)29-21(20(25)15-7-3-2-4-8-15)16-10-12-17(13-11-16)23(27)28/h2-13,21,24H,1H3/t21-/m1/s1. The maximum Gasteiger partial charge on any atom is 0.342 e. The summed E-state index contributed by atoms with van der Waals surface area (Å²) in [5.41, 5.74) is 0.864. The number of phenolic OH excluding ortho intramolecular Hbond substituents is 1. The number of rotatable bonds is 6. The Labute approximate surface area is 166 Å². The summed E-state index contributed by atoms with van der Waals surface area (Å²) in [5.74, 6) is -1.59. The number of aromatic hydroxyl groups is 1. The van der Waals surface area contributed by atoms with Crippen molar-refractivity contribution in [3.63, 3.8) is 0 Å². The smallest absolute Gasteiger partial charge is 0.342 e. The molecule has 29 heavy (non-hydrogen) atoms. The number of benzene rings is 3. The summed E-state index contributed by atoms with van der Waals surface area (Å²) in [6.07, 6.45) is -1.33. The van der Waals surface area contributed by atoms with E-state index in [-0.39, 0.29) is 22.6 Å². The van der Waals surface area contributed by atoms with Crippen molar-refractivity contribution in [2.75, 3.05) is 0 Å². The number of non-ortho nitro benzene ring substituents is 1. The summed E-state index contributed by atoms with van der Waals surface area (Å²) >= 11 is 0. The lowest BCUT2D eigenvalue weighted by Gasteiger charge is -2.18. The van der Waals surface area contributed by atoms with Gasteiger partial charge in [-0.1, -0.05) is 42.5 Å². The number of esters is 1. The molecule has 0 heterocycles. The summed E-state index contributed by atoms with van der Waals surface area (Å²) in [6, 6.07) is 18.1. The van der Waals surface area contributed by atoms with Crippen LogP contribution in [0.1, 0.15) is 37.9 Å². The minimum atomic E-state index is -1.33.